The molecule has 120 valence electrons. The van der Waals surface area contributed by atoms with Gasteiger partial charge in [-0.25, -0.2) is 0 Å². The highest BCUT2D eigenvalue weighted by atomic mass is 15.1. The van der Waals surface area contributed by atoms with Gasteiger partial charge >= 0.3 is 0 Å². The molecule has 1 aromatic carbocycles. The fourth-order valence-electron chi connectivity index (χ4n) is 4.49. The van der Waals surface area contributed by atoms with Gasteiger partial charge in [-0.3, -0.25) is 4.98 Å². The molecular formula is C23H15BN2. The quantitative estimate of drug-likeness (QED) is 0.677. The Morgan fingerprint density at radius 2 is 1.77 bits per heavy atom. The van der Waals surface area contributed by atoms with Gasteiger partial charge in [-0.05, 0) is 29.8 Å². The molecule has 0 aliphatic carbocycles. The van der Waals surface area contributed by atoms with Crippen LogP contribution in [0.3, 0.4) is 0 Å². The summed E-state index contributed by atoms with van der Waals surface area (Å²) in [7, 11) is 0. The SMILES string of the molecule is C1=CB2C(=C3C(=C4C=CC=CN4c4cccnc43)c3ccccc32)C=C1. The zero-order valence-electron chi connectivity index (χ0n) is 14.1. The van der Waals surface area contributed by atoms with Crippen molar-refractivity contribution in [3.8, 4) is 0 Å². The molecule has 4 aliphatic heterocycles. The fraction of sp³-hybridized carbons (Fsp3) is 0. The molecule has 0 atom stereocenters. The number of rotatable bonds is 0. The van der Waals surface area contributed by atoms with Gasteiger partial charge in [-0.15, -0.1) is 5.98 Å². The third kappa shape index (κ3) is 1.70. The van der Waals surface area contributed by atoms with Gasteiger partial charge in [0.15, 0.2) is 0 Å². The first kappa shape index (κ1) is 13.9. The first-order chi connectivity index (χ1) is 12.9. The maximum absolute atomic E-state index is 4.81. The van der Waals surface area contributed by atoms with Crippen LogP contribution in [0, 0.1) is 0 Å². The lowest BCUT2D eigenvalue weighted by Gasteiger charge is -2.39. The van der Waals surface area contributed by atoms with Gasteiger partial charge < -0.3 is 4.90 Å². The lowest BCUT2D eigenvalue weighted by Crippen LogP contribution is -2.40. The van der Waals surface area contributed by atoms with E-state index in [1.54, 1.807) is 0 Å². The van der Waals surface area contributed by atoms with Crippen LogP contribution in [0.2, 0.25) is 0 Å². The van der Waals surface area contributed by atoms with E-state index in [4.69, 9.17) is 4.98 Å². The number of fused-ring (bicyclic) bond motifs is 9. The van der Waals surface area contributed by atoms with Crippen LogP contribution in [0.25, 0.3) is 11.1 Å². The summed E-state index contributed by atoms with van der Waals surface area (Å²) in [5.74, 6) is 2.30. The Morgan fingerprint density at radius 1 is 0.846 bits per heavy atom. The number of allylic oxidation sites excluding steroid dienone is 9. The summed E-state index contributed by atoms with van der Waals surface area (Å²) in [6.07, 6.45) is 17.0. The minimum absolute atomic E-state index is 0.292. The van der Waals surface area contributed by atoms with Gasteiger partial charge in [-0.1, -0.05) is 59.5 Å². The predicted molar refractivity (Wildman–Crippen MR) is 109 cm³/mol. The minimum atomic E-state index is 0.292. The number of benzene rings is 1. The van der Waals surface area contributed by atoms with Crippen LogP contribution in [-0.2, 0) is 0 Å². The topological polar surface area (TPSA) is 16.1 Å². The molecule has 1 aromatic heterocycles. The average molecular weight is 330 g/mol. The van der Waals surface area contributed by atoms with Crippen molar-refractivity contribution in [3.05, 3.63) is 114 Å². The summed E-state index contributed by atoms with van der Waals surface area (Å²) in [6.45, 7) is 0.292. The number of hydrogen-bond acceptors (Lipinski definition) is 2. The highest BCUT2D eigenvalue weighted by molar-refractivity contribution is 6.87. The molecule has 0 fully saturated rings. The van der Waals surface area contributed by atoms with Gasteiger partial charge in [0.05, 0.1) is 17.1 Å². The summed E-state index contributed by atoms with van der Waals surface area (Å²) in [5, 5.41) is 0. The van der Waals surface area contributed by atoms with Crippen LogP contribution >= 0.6 is 0 Å². The lowest BCUT2D eigenvalue weighted by atomic mass is 9.35. The highest BCUT2D eigenvalue weighted by Crippen LogP contribution is 2.49. The minimum Gasteiger partial charge on any atom is -0.314 e. The van der Waals surface area contributed by atoms with Gasteiger partial charge in [0.2, 0.25) is 6.71 Å². The van der Waals surface area contributed by atoms with Crippen molar-refractivity contribution in [3.63, 3.8) is 0 Å². The van der Waals surface area contributed by atoms with Crippen molar-refractivity contribution in [1.29, 1.82) is 0 Å². The summed E-state index contributed by atoms with van der Waals surface area (Å²) >= 11 is 0. The Hall–Kier alpha value is -3.33. The molecule has 0 saturated carbocycles. The van der Waals surface area contributed by atoms with Crippen LogP contribution in [0.15, 0.2) is 102 Å². The second kappa shape index (κ2) is 5.09. The third-order valence-electron chi connectivity index (χ3n) is 5.53. The van der Waals surface area contributed by atoms with Crippen molar-refractivity contribution in [2.45, 2.75) is 0 Å². The van der Waals surface area contributed by atoms with E-state index < -0.39 is 0 Å². The summed E-state index contributed by atoms with van der Waals surface area (Å²) in [6, 6.07) is 13.0. The van der Waals surface area contributed by atoms with Gasteiger partial charge in [0.25, 0.3) is 0 Å². The Kier molecular flexibility index (Phi) is 2.72. The molecule has 0 radical (unpaired) electrons. The second-order valence-electron chi connectivity index (χ2n) is 6.84. The van der Waals surface area contributed by atoms with Crippen LogP contribution in [0.5, 0.6) is 0 Å². The maximum atomic E-state index is 4.81. The Morgan fingerprint density at radius 3 is 2.77 bits per heavy atom. The van der Waals surface area contributed by atoms with E-state index in [2.05, 4.69) is 83.9 Å². The molecule has 4 aliphatic rings. The fourth-order valence-corrected chi connectivity index (χ4v) is 4.49. The number of aromatic nitrogens is 1. The van der Waals surface area contributed by atoms with Gasteiger partial charge in [-0.2, -0.15) is 0 Å². The number of anilines is 1. The van der Waals surface area contributed by atoms with Crippen LogP contribution < -0.4 is 10.4 Å². The van der Waals surface area contributed by atoms with E-state index in [9.17, 15) is 0 Å². The van der Waals surface area contributed by atoms with E-state index in [0.717, 1.165) is 11.4 Å². The molecule has 6 rings (SSSR count). The van der Waals surface area contributed by atoms with E-state index in [-0.39, 0.29) is 0 Å². The second-order valence-corrected chi connectivity index (χ2v) is 6.84. The Labute approximate surface area is 153 Å². The molecule has 2 aromatic rings. The lowest BCUT2D eigenvalue weighted by molar-refractivity contribution is 1.13. The van der Waals surface area contributed by atoms with Crippen LogP contribution in [-0.4, -0.2) is 11.7 Å². The summed E-state index contributed by atoms with van der Waals surface area (Å²) in [5.41, 5.74) is 10.0. The number of nitrogens with zero attached hydrogens (tertiary/aromatic N) is 2. The molecule has 0 bridgehead atoms. The normalized spacial score (nSPS) is 18.5. The molecule has 0 N–H and O–H groups in total. The van der Waals surface area contributed by atoms with Crippen molar-refractivity contribution in [2.75, 3.05) is 4.90 Å². The average Bonchev–Trinajstić information content (AvgIpc) is 2.73. The molecule has 0 amide bonds. The van der Waals surface area contributed by atoms with Crippen LogP contribution in [0.1, 0.15) is 11.3 Å². The Bertz CT molecular complexity index is 1050. The zero-order chi connectivity index (χ0) is 17.1. The first-order valence-corrected chi connectivity index (χ1v) is 8.96. The van der Waals surface area contributed by atoms with Crippen LogP contribution in [0.4, 0.5) is 5.69 Å². The molecule has 2 nitrogen and oxygen atoms in total. The smallest absolute Gasteiger partial charge is 0.235 e. The largest absolute Gasteiger partial charge is 0.314 e. The summed E-state index contributed by atoms with van der Waals surface area (Å²) in [4.78, 5) is 7.07. The van der Waals surface area contributed by atoms with E-state index >= 15 is 0 Å². The van der Waals surface area contributed by atoms with Crippen molar-refractivity contribution in [2.24, 2.45) is 0 Å². The van der Waals surface area contributed by atoms with Crippen molar-refractivity contribution < 1.29 is 0 Å². The van der Waals surface area contributed by atoms with E-state index in [0.29, 0.717) is 6.71 Å². The molecule has 0 spiro atoms. The molecular weight excluding hydrogens is 315 g/mol. The van der Waals surface area contributed by atoms with E-state index in [1.807, 2.05) is 12.3 Å². The molecule has 3 heteroatoms. The highest BCUT2D eigenvalue weighted by Gasteiger charge is 2.38. The van der Waals surface area contributed by atoms with Crippen molar-refractivity contribution >= 4 is 29.0 Å². The standard InChI is InChI=1S/C23H15BN2/c1-2-9-17-16(8-1)21-19-11-4-6-15-26(19)20-12-7-14-25-23(20)22(21)18-10-3-5-13-24(17)18/h1-15H. The number of pyridine rings is 1. The molecule has 5 heterocycles. The van der Waals surface area contributed by atoms with Gasteiger partial charge in [0, 0.05) is 23.5 Å². The zero-order valence-corrected chi connectivity index (χ0v) is 14.1. The monoisotopic (exact) mass is 330 g/mol. The van der Waals surface area contributed by atoms with E-state index in [1.165, 1.54) is 33.3 Å². The number of hydrogen-bond donors (Lipinski definition) is 0. The van der Waals surface area contributed by atoms with Gasteiger partial charge in [0.1, 0.15) is 0 Å². The molecule has 26 heavy (non-hydrogen) atoms. The Balaban J connectivity index is 1.80. The maximum Gasteiger partial charge on any atom is 0.235 e. The molecule has 0 saturated heterocycles. The predicted octanol–water partition coefficient (Wildman–Crippen LogP) is 4.07. The summed E-state index contributed by atoms with van der Waals surface area (Å²) < 4.78 is 0. The first-order valence-electron chi connectivity index (χ1n) is 8.96. The third-order valence-corrected chi connectivity index (χ3v) is 5.53. The van der Waals surface area contributed by atoms with Crippen molar-refractivity contribution in [1.82, 2.24) is 4.98 Å². The molecule has 0 unspecified atom stereocenters.